The molecule has 1 rings (SSSR count). The molecule has 1 saturated heterocycles. The van der Waals surface area contributed by atoms with E-state index in [0.29, 0.717) is 19.6 Å². The van der Waals surface area contributed by atoms with Gasteiger partial charge in [-0.15, -0.1) is 0 Å². The van der Waals surface area contributed by atoms with Crippen molar-refractivity contribution in [3.8, 4) is 0 Å². The lowest BCUT2D eigenvalue weighted by molar-refractivity contribution is -0.148. The van der Waals surface area contributed by atoms with Gasteiger partial charge in [-0.1, -0.05) is 0 Å². The summed E-state index contributed by atoms with van der Waals surface area (Å²) in [5.74, 6) is -0.238. The Labute approximate surface area is 65.9 Å². The first kappa shape index (κ1) is 8.49. The summed E-state index contributed by atoms with van der Waals surface area (Å²) >= 11 is 0. The first-order chi connectivity index (χ1) is 5.25. The first-order valence-corrected chi connectivity index (χ1v) is 3.60. The van der Waals surface area contributed by atoms with Crippen molar-refractivity contribution in [3.05, 3.63) is 0 Å². The number of hydrogen-bond donors (Lipinski definition) is 1. The van der Waals surface area contributed by atoms with E-state index in [4.69, 9.17) is 4.74 Å². The van der Waals surface area contributed by atoms with E-state index >= 15 is 0 Å². The van der Waals surface area contributed by atoms with Gasteiger partial charge in [-0.3, -0.25) is 0 Å². The zero-order valence-electron chi connectivity index (χ0n) is 6.85. The lowest BCUT2D eigenvalue weighted by Gasteiger charge is -2.22. The summed E-state index contributed by atoms with van der Waals surface area (Å²) in [4.78, 5) is 11.2. The third-order valence-corrected chi connectivity index (χ3v) is 2.08. The van der Waals surface area contributed by atoms with Gasteiger partial charge in [0.2, 0.25) is 0 Å². The van der Waals surface area contributed by atoms with E-state index < -0.39 is 5.54 Å². The van der Waals surface area contributed by atoms with Crippen LogP contribution in [0.2, 0.25) is 0 Å². The molecule has 0 unspecified atom stereocenters. The van der Waals surface area contributed by atoms with Gasteiger partial charge in [0.25, 0.3) is 0 Å². The average molecular weight is 159 g/mol. The number of carbonyl (C=O) groups is 1. The van der Waals surface area contributed by atoms with Crippen LogP contribution in [0.3, 0.4) is 0 Å². The third kappa shape index (κ3) is 1.36. The molecule has 4 heteroatoms. The molecule has 0 aromatic carbocycles. The minimum absolute atomic E-state index is 0.238. The minimum Gasteiger partial charge on any atom is -0.468 e. The van der Waals surface area contributed by atoms with Crippen molar-refractivity contribution in [2.75, 3.05) is 27.4 Å². The molecule has 1 aliphatic rings. The average Bonchev–Trinajstić information content (AvgIpc) is 2.52. The van der Waals surface area contributed by atoms with Crippen molar-refractivity contribution in [2.45, 2.75) is 12.0 Å². The molecule has 0 radical (unpaired) electrons. The molecule has 0 saturated carbocycles. The number of rotatable bonds is 2. The Balaban J connectivity index is 2.66. The molecular weight excluding hydrogens is 146 g/mol. The highest BCUT2D eigenvalue weighted by atomic mass is 16.5. The van der Waals surface area contributed by atoms with Crippen molar-refractivity contribution in [2.24, 2.45) is 0 Å². The van der Waals surface area contributed by atoms with Crippen LogP contribution in [0.4, 0.5) is 0 Å². The van der Waals surface area contributed by atoms with Crippen molar-refractivity contribution >= 4 is 5.97 Å². The van der Waals surface area contributed by atoms with Crippen LogP contribution in [0.5, 0.6) is 0 Å². The maximum Gasteiger partial charge on any atom is 0.328 e. The van der Waals surface area contributed by atoms with Gasteiger partial charge < -0.3 is 14.8 Å². The Hall–Kier alpha value is -0.610. The smallest absolute Gasteiger partial charge is 0.328 e. The Morgan fingerprint density at radius 3 is 2.82 bits per heavy atom. The molecule has 11 heavy (non-hydrogen) atoms. The topological polar surface area (TPSA) is 47.6 Å². The highest BCUT2D eigenvalue weighted by Crippen LogP contribution is 2.19. The summed E-state index contributed by atoms with van der Waals surface area (Å²) in [7, 11) is 3.13. The van der Waals surface area contributed by atoms with Gasteiger partial charge in [0.05, 0.1) is 13.7 Å². The maximum atomic E-state index is 11.2. The largest absolute Gasteiger partial charge is 0.468 e. The van der Waals surface area contributed by atoms with Crippen LogP contribution in [0.15, 0.2) is 0 Å². The van der Waals surface area contributed by atoms with Crippen LogP contribution in [-0.4, -0.2) is 38.9 Å². The third-order valence-electron chi connectivity index (χ3n) is 2.08. The Morgan fingerprint density at radius 1 is 1.73 bits per heavy atom. The maximum absolute atomic E-state index is 11.2. The van der Waals surface area contributed by atoms with Gasteiger partial charge in [-0.25, -0.2) is 4.79 Å². The molecule has 0 amide bonds. The molecule has 1 aliphatic heterocycles. The highest BCUT2D eigenvalue weighted by Gasteiger charge is 2.41. The number of esters is 1. The standard InChI is InChI=1S/C7H13NO3/c1-8-7(6(9)10-2)3-4-11-5-7/h8H,3-5H2,1-2H3/t7-/m0/s1. The number of methoxy groups -OCH3 is 1. The van der Waals surface area contributed by atoms with Crippen molar-refractivity contribution in [1.82, 2.24) is 5.32 Å². The summed E-state index contributed by atoms with van der Waals surface area (Å²) in [5.41, 5.74) is -0.589. The van der Waals surface area contributed by atoms with Gasteiger partial charge in [0.1, 0.15) is 5.54 Å². The molecule has 1 N–H and O–H groups in total. The molecule has 0 spiro atoms. The predicted molar refractivity (Wildman–Crippen MR) is 39.2 cm³/mol. The van der Waals surface area contributed by atoms with Gasteiger partial charge in [-0.2, -0.15) is 0 Å². The molecule has 1 heterocycles. The highest BCUT2D eigenvalue weighted by molar-refractivity contribution is 5.81. The number of hydrogen-bond acceptors (Lipinski definition) is 4. The van der Waals surface area contributed by atoms with E-state index in [1.54, 1.807) is 7.05 Å². The van der Waals surface area contributed by atoms with Crippen LogP contribution >= 0.6 is 0 Å². The van der Waals surface area contributed by atoms with Gasteiger partial charge in [0.15, 0.2) is 0 Å². The van der Waals surface area contributed by atoms with Crippen molar-refractivity contribution in [3.63, 3.8) is 0 Å². The minimum atomic E-state index is -0.589. The lowest BCUT2D eigenvalue weighted by atomic mass is 10.00. The second-order valence-electron chi connectivity index (χ2n) is 2.63. The molecule has 0 aromatic heterocycles. The number of likely N-dealkylation sites (N-methyl/N-ethyl adjacent to an activating group) is 1. The number of carbonyl (C=O) groups excluding carboxylic acids is 1. The Morgan fingerprint density at radius 2 is 2.45 bits per heavy atom. The van der Waals surface area contributed by atoms with E-state index in [9.17, 15) is 4.79 Å². The van der Waals surface area contributed by atoms with Gasteiger partial charge >= 0.3 is 5.97 Å². The molecule has 0 bridgehead atoms. The van der Waals surface area contributed by atoms with Crippen LogP contribution in [0.25, 0.3) is 0 Å². The Kier molecular flexibility index (Phi) is 2.46. The summed E-state index contributed by atoms with van der Waals surface area (Å²) < 4.78 is 9.76. The van der Waals surface area contributed by atoms with E-state index in [-0.39, 0.29) is 5.97 Å². The fourth-order valence-electron chi connectivity index (χ4n) is 1.22. The van der Waals surface area contributed by atoms with Crippen LogP contribution in [-0.2, 0) is 14.3 Å². The second-order valence-corrected chi connectivity index (χ2v) is 2.63. The lowest BCUT2D eigenvalue weighted by Crippen LogP contribution is -2.51. The fraction of sp³-hybridized carbons (Fsp3) is 0.857. The van der Waals surface area contributed by atoms with E-state index in [1.807, 2.05) is 0 Å². The zero-order chi connectivity index (χ0) is 8.32. The summed E-state index contributed by atoms with van der Waals surface area (Å²) in [6.07, 6.45) is 0.691. The van der Waals surface area contributed by atoms with Crippen LogP contribution in [0, 0.1) is 0 Å². The molecule has 0 aromatic rings. The van der Waals surface area contributed by atoms with E-state index in [1.165, 1.54) is 7.11 Å². The summed E-state index contributed by atoms with van der Waals surface area (Å²) in [5, 5.41) is 2.93. The van der Waals surface area contributed by atoms with E-state index in [2.05, 4.69) is 10.1 Å². The molecule has 4 nitrogen and oxygen atoms in total. The first-order valence-electron chi connectivity index (χ1n) is 3.60. The van der Waals surface area contributed by atoms with Gasteiger partial charge in [-0.05, 0) is 7.05 Å². The molecule has 1 atom stereocenters. The quantitative estimate of drug-likeness (QED) is 0.554. The van der Waals surface area contributed by atoms with Crippen molar-refractivity contribution < 1.29 is 14.3 Å². The molecule has 64 valence electrons. The summed E-state index contributed by atoms with van der Waals surface area (Å²) in [6, 6.07) is 0. The monoisotopic (exact) mass is 159 g/mol. The molecule has 1 fully saturated rings. The number of nitrogens with one attached hydrogen (secondary N) is 1. The second kappa shape index (κ2) is 3.19. The Bertz CT molecular complexity index is 152. The van der Waals surface area contributed by atoms with Crippen LogP contribution < -0.4 is 5.32 Å². The van der Waals surface area contributed by atoms with Gasteiger partial charge in [0, 0.05) is 13.0 Å². The molecular formula is C7H13NO3. The fourth-order valence-corrected chi connectivity index (χ4v) is 1.22. The SMILES string of the molecule is CN[C@@]1(C(=O)OC)CCOC1. The normalized spacial score (nSPS) is 30.4. The summed E-state index contributed by atoms with van der Waals surface area (Å²) in [6.45, 7) is 1.03. The van der Waals surface area contributed by atoms with Crippen molar-refractivity contribution in [1.29, 1.82) is 0 Å². The van der Waals surface area contributed by atoms with Crippen LogP contribution in [0.1, 0.15) is 6.42 Å². The van der Waals surface area contributed by atoms with E-state index in [0.717, 1.165) is 0 Å². The predicted octanol–water partition coefficient (Wildman–Crippen LogP) is -0.462. The number of ether oxygens (including phenoxy) is 2. The zero-order valence-corrected chi connectivity index (χ0v) is 6.85. The molecule has 0 aliphatic carbocycles.